The molecule has 0 aromatic heterocycles. The molecule has 1 aliphatic carbocycles. The van der Waals surface area contributed by atoms with Gasteiger partial charge in [0.1, 0.15) is 0 Å². The number of nitrogens with one attached hydrogen (secondary N) is 2. The first kappa shape index (κ1) is 17.1. The summed E-state index contributed by atoms with van der Waals surface area (Å²) >= 11 is 0. The third kappa shape index (κ3) is 5.47. The summed E-state index contributed by atoms with van der Waals surface area (Å²) in [4.78, 5) is 24.9. The van der Waals surface area contributed by atoms with Crippen LogP contribution in [0.4, 0.5) is 10.5 Å². The van der Waals surface area contributed by atoms with Crippen LogP contribution in [-0.4, -0.2) is 43.3 Å². The normalized spacial score (nSPS) is 20.6. The Labute approximate surface area is 136 Å². The minimum absolute atomic E-state index is 0.0810. The van der Waals surface area contributed by atoms with Crippen molar-refractivity contribution in [3.05, 3.63) is 30.3 Å². The number of carboxylic acids is 1. The monoisotopic (exact) mass is 319 g/mol. The summed E-state index contributed by atoms with van der Waals surface area (Å²) < 4.78 is 0. The molecule has 0 heterocycles. The Morgan fingerprint density at radius 1 is 1.17 bits per heavy atom. The lowest BCUT2D eigenvalue weighted by Crippen LogP contribution is -2.45. The number of carbonyl (C=O) groups is 2. The maximum atomic E-state index is 11.9. The summed E-state index contributed by atoms with van der Waals surface area (Å²) in [5.41, 5.74) is 1.11. The minimum Gasteiger partial charge on any atom is -0.481 e. The molecular weight excluding hydrogens is 294 g/mol. The summed E-state index contributed by atoms with van der Waals surface area (Å²) in [5, 5.41) is 14.8. The minimum atomic E-state index is -0.725. The number of amides is 2. The number of carboxylic acid groups (broad SMARTS) is 1. The number of aliphatic carboxylic acids is 1. The summed E-state index contributed by atoms with van der Waals surface area (Å²) in [6, 6.07) is 9.91. The second-order valence-corrected chi connectivity index (χ2v) is 6.04. The molecule has 126 valence electrons. The number of urea groups is 1. The first-order chi connectivity index (χ1) is 11.1. The lowest BCUT2D eigenvalue weighted by atomic mass is 9.86. The molecule has 1 aromatic rings. The number of para-hydroxylation sites is 1. The number of hydrogen-bond donors (Lipinski definition) is 3. The molecule has 2 rings (SSSR count). The van der Waals surface area contributed by atoms with E-state index in [0.29, 0.717) is 19.4 Å². The summed E-state index contributed by atoms with van der Waals surface area (Å²) in [7, 11) is 1.99. The Kier molecular flexibility index (Phi) is 6.26. The van der Waals surface area contributed by atoms with Crippen molar-refractivity contribution in [1.29, 1.82) is 0 Å². The van der Waals surface area contributed by atoms with Crippen LogP contribution >= 0.6 is 0 Å². The Balaban J connectivity index is 1.63. The summed E-state index contributed by atoms with van der Waals surface area (Å²) in [6.45, 7) is 1.28. The Morgan fingerprint density at radius 3 is 2.43 bits per heavy atom. The maximum Gasteiger partial charge on any atom is 0.315 e. The van der Waals surface area contributed by atoms with Crippen molar-refractivity contribution in [3.8, 4) is 0 Å². The molecule has 0 radical (unpaired) electrons. The van der Waals surface area contributed by atoms with E-state index in [1.807, 2.05) is 37.4 Å². The van der Waals surface area contributed by atoms with E-state index < -0.39 is 5.97 Å². The zero-order chi connectivity index (χ0) is 16.7. The predicted octanol–water partition coefficient (Wildman–Crippen LogP) is 2.07. The third-order valence-corrected chi connectivity index (χ3v) is 4.34. The smallest absolute Gasteiger partial charge is 0.315 e. The molecule has 3 N–H and O–H groups in total. The lowest BCUT2D eigenvalue weighted by Gasteiger charge is -2.27. The fraction of sp³-hybridized carbons (Fsp3) is 0.529. The number of hydrogen-bond acceptors (Lipinski definition) is 3. The van der Waals surface area contributed by atoms with Crippen molar-refractivity contribution in [2.45, 2.75) is 31.7 Å². The molecule has 0 atom stereocenters. The highest BCUT2D eigenvalue weighted by molar-refractivity contribution is 5.74. The summed E-state index contributed by atoms with van der Waals surface area (Å²) in [6.07, 6.45) is 2.73. The molecule has 1 saturated carbocycles. The topological polar surface area (TPSA) is 81.7 Å². The van der Waals surface area contributed by atoms with Gasteiger partial charge in [0.25, 0.3) is 0 Å². The molecule has 1 aromatic carbocycles. The molecule has 1 fully saturated rings. The predicted molar refractivity (Wildman–Crippen MR) is 89.6 cm³/mol. The van der Waals surface area contributed by atoms with Gasteiger partial charge in [0, 0.05) is 31.9 Å². The quantitative estimate of drug-likeness (QED) is 0.750. The second-order valence-electron chi connectivity index (χ2n) is 6.04. The molecule has 0 spiro atoms. The highest BCUT2D eigenvalue weighted by Gasteiger charge is 2.26. The zero-order valence-electron chi connectivity index (χ0n) is 13.5. The Hall–Kier alpha value is -2.24. The SMILES string of the molecule is CN(CCNC(=O)NC1CCC(C(=O)O)CC1)c1ccccc1. The molecule has 0 bridgehead atoms. The maximum absolute atomic E-state index is 11.9. The van der Waals surface area contributed by atoms with Crippen LogP contribution in [0.1, 0.15) is 25.7 Å². The van der Waals surface area contributed by atoms with E-state index >= 15 is 0 Å². The van der Waals surface area contributed by atoms with Crippen molar-refractivity contribution in [2.75, 3.05) is 25.0 Å². The van der Waals surface area contributed by atoms with Gasteiger partial charge >= 0.3 is 12.0 Å². The van der Waals surface area contributed by atoms with Gasteiger partial charge in [0.2, 0.25) is 0 Å². The third-order valence-electron chi connectivity index (χ3n) is 4.34. The van der Waals surface area contributed by atoms with Gasteiger partial charge in [-0.15, -0.1) is 0 Å². The van der Waals surface area contributed by atoms with E-state index in [9.17, 15) is 9.59 Å². The number of rotatable bonds is 6. The molecule has 1 aliphatic rings. The molecule has 23 heavy (non-hydrogen) atoms. The number of benzene rings is 1. The van der Waals surface area contributed by atoms with Gasteiger partial charge in [-0.25, -0.2) is 4.79 Å². The largest absolute Gasteiger partial charge is 0.481 e. The molecule has 2 amide bonds. The average molecular weight is 319 g/mol. The number of likely N-dealkylation sites (N-methyl/N-ethyl adjacent to an activating group) is 1. The van der Waals surface area contributed by atoms with Crippen molar-refractivity contribution in [1.82, 2.24) is 10.6 Å². The molecule has 6 nitrogen and oxygen atoms in total. The van der Waals surface area contributed by atoms with Crippen LogP contribution in [0.2, 0.25) is 0 Å². The first-order valence-electron chi connectivity index (χ1n) is 8.09. The van der Waals surface area contributed by atoms with E-state index in [2.05, 4.69) is 15.5 Å². The molecule has 6 heteroatoms. The van der Waals surface area contributed by atoms with E-state index in [1.54, 1.807) is 0 Å². The first-order valence-corrected chi connectivity index (χ1v) is 8.09. The van der Waals surface area contributed by atoms with E-state index in [-0.39, 0.29) is 18.0 Å². The van der Waals surface area contributed by atoms with Gasteiger partial charge < -0.3 is 20.6 Å². The van der Waals surface area contributed by atoms with Gasteiger partial charge in [-0.1, -0.05) is 18.2 Å². The number of nitrogens with zero attached hydrogens (tertiary/aromatic N) is 1. The van der Waals surface area contributed by atoms with Gasteiger partial charge in [-0.3, -0.25) is 4.79 Å². The lowest BCUT2D eigenvalue weighted by molar-refractivity contribution is -0.142. The summed E-state index contributed by atoms with van der Waals surface area (Å²) in [5.74, 6) is -0.979. The standard InChI is InChI=1S/C17H25N3O3/c1-20(15-5-3-2-4-6-15)12-11-18-17(23)19-14-9-7-13(8-10-14)16(21)22/h2-6,13-14H,7-12H2,1H3,(H,21,22)(H2,18,19,23). The van der Waals surface area contributed by atoms with Gasteiger partial charge in [0.15, 0.2) is 0 Å². The van der Waals surface area contributed by atoms with Crippen LogP contribution in [0.15, 0.2) is 30.3 Å². The molecular formula is C17H25N3O3. The van der Waals surface area contributed by atoms with Crippen LogP contribution < -0.4 is 15.5 Å². The van der Waals surface area contributed by atoms with Crippen LogP contribution in [0.25, 0.3) is 0 Å². The van der Waals surface area contributed by atoms with Crippen LogP contribution in [0, 0.1) is 5.92 Å². The van der Waals surface area contributed by atoms with Crippen molar-refractivity contribution < 1.29 is 14.7 Å². The van der Waals surface area contributed by atoms with Gasteiger partial charge in [0.05, 0.1) is 5.92 Å². The second kappa shape index (κ2) is 8.41. The Bertz CT molecular complexity index is 513. The van der Waals surface area contributed by atoms with E-state index in [0.717, 1.165) is 25.1 Å². The Morgan fingerprint density at radius 2 is 1.83 bits per heavy atom. The highest BCUT2D eigenvalue weighted by Crippen LogP contribution is 2.24. The fourth-order valence-corrected chi connectivity index (χ4v) is 2.87. The van der Waals surface area contributed by atoms with Crippen LogP contribution in [-0.2, 0) is 4.79 Å². The van der Waals surface area contributed by atoms with Crippen molar-refractivity contribution in [3.63, 3.8) is 0 Å². The number of carbonyl (C=O) groups excluding carboxylic acids is 1. The van der Waals surface area contributed by atoms with Crippen LogP contribution in [0.3, 0.4) is 0 Å². The molecule has 0 unspecified atom stereocenters. The van der Waals surface area contributed by atoms with Crippen molar-refractivity contribution >= 4 is 17.7 Å². The fourth-order valence-electron chi connectivity index (χ4n) is 2.87. The van der Waals surface area contributed by atoms with E-state index in [4.69, 9.17) is 5.11 Å². The van der Waals surface area contributed by atoms with Crippen molar-refractivity contribution in [2.24, 2.45) is 5.92 Å². The zero-order valence-corrected chi connectivity index (χ0v) is 13.5. The molecule has 0 saturated heterocycles. The molecule has 0 aliphatic heterocycles. The van der Waals surface area contributed by atoms with Gasteiger partial charge in [-0.2, -0.15) is 0 Å². The van der Waals surface area contributed by atoms with Gasteiger partial charge in [-0.05, 0) is 37.8 Å². The highest BCUT2D eigenvalue weighted by atomic mass is 16.4. The van der Waals surface area contributed by atoms with E-state index in [1.165, 1.54) is 0 Å². The number of anilines is 1. The average Bonchev–Trinajstić information content (AvgIpc) is 2.56. The van der Waals surface area contributed by atoms with Crippen LogP contribution in [0.5, 0.6) is 0 Å².